The quantitative estimate of drug-likeness (QED) is 0.507. The Bertz CT molecular complexity index is 625. The molecule has 0 aromatic heterocycles. The summed E-state index contributed by atoms with van der Waals surface area (Å²) in [6.45, 7) is 0.675. The lowest BCUT2D eigenvalue weighted by Crippen LogP contribution is -2.25. The summed E-state index contributed by atoms with van der Waals surface area (Å²) in [6.07, 6.45) is 0.295. The Kier molecular flexibility index (Phi) is 4.30. The number of carbonyl (C=O) groups excluding carboxylic acids is 1. The summed E-state index contributed by atoms with van der Waals surface area (Å²) in [7, 11) is 1.42. The molecule has 0 saturated carbocycles. The third-order valence-electron chi connectivity index (χ3n) is 3.33. The fraction of sp³-hybridized carbons (Fsp3) is 0.385. The topological polar surface area (TPSA) is 116 Å². The number of carboxylic acid groups (broad SMARTS) is 1. The predicted octanol–water partition coefficient (Wildman–Crippen LogP) is 2.06. The lowest BCUT2D eigenvalue weighted by Gasteiger charge is -2.19. The molecule has 1 aliphatic heterocycles. The molecule has 1 aromatic carbocycles. The number of amides is 1. The SMILES string of the molecule is COc1cc(C(=O)O)ccc1N1CC(CN=[N+]=[N-])CC1=O. The number of methoxy groups -OCH3 is 1. The summed E-state index contributed by atoms with van der Waals surface area (Å²) in [5.41, 5.74) is 8.94. The number of nitrogens with zero attached hydrogens (tertiary/aromatic N) is 4. The van der Waals surface area contributed by atoms with Crippen molar-refractivity contribution in [3.8, 4) is 5.75 Å². The van der Waals surface area contributed by atoms with Crippen molar-refractivity contribution < 1.29 is 19.4 Å². The molecule has 1 atom stereocenters. The van der Waals surface area contributed by atoms with Gasteiger partial charge in [0, 0.05) is 24.4 Å². The molecule has 1 N–H and O–H groups in total. The highest BCUT2D eigenvalue weighted by atomic mass is 16.5. The van der Waals surface area contributed by atoms with E-state index in [1.165, 1.54) is 24.1 Å². The molecule has 8 heteroatoms. The number of anilines is 1. The standard InChI is InChI=1S/C13H14N4O4/c1-21-11-5-9(13(19)20)2-3-10(11)17-7-8(4-12(17)18)6-15-16-14/h2-3,5,8H,4,6-7H2,1H3,(H,19,20). The van der Waals surface area contributed by atoms with Crippen molar-refractivity contribution in [2.24, 2.45) is 11.0 Å². The van der Waals surface area contributed by atoms with Crippen LogP contribution in [0, 0.1) is 5.92 Å². The number of carbonyl (C=O) groups is 2. The molecule has 1 amide bonds. The normalized spacial score (nSPS) is 17.5. The van der Waals surface area contributed by atoms with Gasteiger partial charge in [-0.1, -0.05) is 5.11 Å². The van der Waals surface area contributed by atoms with Gasteiger partial charge in [0.05, 0.1) is 18.4 Å². The molecular formula is C13H14N4O4. The van der Waals surface area contributed by atoms with Crippen molar-refractivity contribution in [2.75, 3.05) is 25.1 Å². The van der Waals surface area contributed by atoms with E-state index in [2.05, 4.69) is 10.0 Å². The Morgan fingerprint density at radius 3 is 3.00 bits per heavy atom. The Morgan fingerprint density at radius 2 is 2.38 bits per heavy atom. The summed E-state index contributed by atoms with van der Waals surface area (Å²) < 4.78 is 5.17. The lowest BCUT2D eigenvalue weighted by molar-refractivity contribution is -0.117. The van der Waals surface area contributed by atoms with Crippen molar-refractivity contribution in [3.63, 3.8) is 0 Å². The fourth-order valence-corrected chi connectivity index (χ4v) is 2.32. The van der Waals surface area contributed by atoms with Crippen LogP contribution in [0.5, 0.6) is 5.75 Å². The zero-order chi connectivity index (χ0) is 15.4. The molecule has 8 nitrogen and oxygen atoms in total. The second-order valence-corrected chi connectivity index (χ2v) is 4.68. The average Bonchev–Trinajstić information content (AvgIpc) is 2.85. The highest BCUT2D eigenvalue weighted by molar-refractivity contribution is 5.98. The van der Waals surface area contributed by atoms with Gasteiger partial charge in [-0.15, -0.1) is 0 Å². The van der Waals surface area contributed by atoms with E-state index in [4.69, 9.17) is 15.4 Å². The van der Waals surface area contributed by atoms with Crippen LogP contribution in [0.15, 0.2) is 23.3 Å². The van der Waals surface area contributed by atoms with Crippen LogP contribution in [-0.4, -0.2) is 37.2 Å². The second kappa shape index (κ2) is 6.15. The number of aromatic carboxylic acids is 1. The zero-order valence-corrected chi connectivity index (χ0v) is 11.4. The molecule has 110 valence electrons. The Balaban J connectivity index is 2.27. The van der Waals surface area contributed by atoms with Gasteiger partial charge in [-0.3, -0.25) is 4.79 Å². The van der Waals surface area contributed by atoms with E-state index in [-0.39, 0.29) is 23.9 Å². The second-order valence-electron chi connectivity index (χ2n) is 4.68. The van der Waals surface area contributed by atoms with Gasteiger partial charge in [0.2, 0.25) is 5.91 Å². The molecule has 1 fully saturated rings. The smallest absolute Gasteiger partial charge is 0.335 e. The van der Waals surface area contributed by atoms with Crippen LogP contribution < -0.4 is 9.64 Å². The van der Waals surface area contributed by atoms with Crippen LogP contribution in [0.25, 0.3) is 10.4 Å². The van der Waals surface area contributed by atoms with Crippen molar-refractivity contribution in [3.05, 3.63) is 34.2 Å². The Morgan fingerprint density at radius 1 is 1.62 bits per heavy atom. The van der Waals surface area contributed by atoms with Gasteiger partial charge in [0.25, 0.3) is 0 Å². The molecule has 1 aromatic rings. The number of hydrogen-bond acceptors (Lipinski definition) is 4. The highest BCUT2D eigenvalue weighted by Crippen LogP contribution is 2.34. The van der Waals surface area contributed by atoms with E-state index in [9.17, 15) is 9.59 Å². The number of hydrogen-bond donors (Lipinski definition) is 1. The number of rotatable bonds is 5. The van der Waals surface area contributed by atoms with E-state index in [1.54, 1.807) is 6.07 Å². The van der Waals surface area contributed by atoms with Crippen LogP contribution >= 0.6 is 0 Å². The van der Waals surface area contributed by atoms with Gasteiger partial charge in [-0.25, -0.2) is 4.79 Å². The van der Waals surface area contributed by atoms with Gasteiger partial charge in [0.15, 0.2) is 0 Å². The third-order valence-corrected chi connectivity index (χ3v) is 3.33. The van der Waals surface area contributed by atoms with E-state index >= 15 is 0 Å². The molecule has 0 bridgehead atoms. The molecule has 21 heavy (non-hydrogen) atoms. The maximum absolute atomic E-state index is 12.1. The summed E-state index contributed by atoms with van der Waals surface area (Å²) >= 11 is 0. The minimum atomic E-state index is -1.06. The Labute approximate surface area is 120 Å². The molecule has 0 radical (unpaired) electrons. The number of carboxylic acids is 1. The molecule has 0 aliphatic carbocycles. The minimum Gasteiger partial charge on any atom is -0.495 e. The summed E-state index contributed by atoms with van der Waals surface area (Å²) in [5, 5.41) is 12.5. The van der Waals surface area contributed by atoms with E-state index in [0.717, 1.165) is 0 Å². The summed E-state index contributed by atoms with van der Waals surface area (Å²) in [4.78, 5) is 27.2. The average molecular weight is 290 g/mol. The van der Waals surface area contributed by atoms with Crippen molar-refractivity contribution in [1.82, 2.24) is 0 Å². The number of ether oxygens (including phenoxy) is 1. The van der Waals surface area contributed by atoms with E-state index in [1.807, 2.05) is 0 Å². The summed E-state index contributed by atoms with van der Waals surface area (Å²) in [5.74, 6) is -0.881. The third kappa shape index (κ3) is 3.06. The number of benzene rings is 1. The largest absolute Gasteiger partial charge is 0.495 e. The highest BCUT2D eigenvalue weighted by Gasteiger charge is 2.31. The zero-order valence-electron chi connectivity index (χ0n) is 11.4. The van der Waals surface area contributed by atoms with Crippen molar-refractivity contribution >= 4 is 17.6 Å². The first kappa shape index (κ1) is 14.7. The maximum Gasteiger partial charge on any atom is 0.335 e. The molecule has 1 unspecified atom stereocenters. The molecular weight excluding hydrogens is 276 g/mol. The first-order valence-corrected chi connectivity index (χ1v) is 6.29. The van der Waals surface area contributed by atoms with Crippen LogP contribution in [0.2, 0.25) is 0 Å². The van der Waals surface area contributed by atoms with E-state index in [0.29, 0.717) is 24.4 Å². The van der Waals surface area contributed by atoms with E-state index < -0.39 is 5.97 Å². The van der Waals surface area contributed by atoms with Gasteiger partial charge in [-0.05, 0) is 29.6 Å². The monoisotopic (exact) mass is 290 g/mol. The van der Waals surface area contributed by atoms with Crippen molar-refractivity contribution in [1.29, 1.82) is 0 Å². The molecule has 1 heterocycles. The summed E-state index contributed by atoms with van der Waals surface area (Å²) in [6, 6.07) is 4.36. The molecule has 0 spiro atoms. The minimum absolute atomic E-state index is 0.0442. The Hall–Kier alpha value is -2.73. The van der Waals surface area contributed by atoms with Crippen LogP contribution in [0.1, 0.15) is 16.8 Å². The lowest BCUT2D eigenvalue weighted by atomic mass is 10.1. The van der Waals surface area contributed by atoms with Gasteiger partial charge in [-0.2, -0.15) is 0 Å². The fourth-order valence-electron chi connectivity index (χ4n) is 2.32. The first-order chi connectivity index (χ1) is 10.1. The van der Waals surface area contributed by atoms with Crippen LogP contribution in [0.4, 0.5) is 5.69 Å². The molecule has 1 aliphatic rings. The first-order valence-electron chi connectivity index (χ1n) is 6.29. The van der Waals surface area contributed by atoms with Gasteiger partial charge in [0.1, 0.15) is 5.75 Å². The molecule has 1 saturated heterocycles. The van der Waals surface area contributed by atoms with Gasteiger partial charge >= 0.3 is 5.97 Å². The van der Waals surface area contributed by atoms with Crippen LogP contribution in [0.3, 0.4) is 0 Å². The van der Waals surface area contributed by atoms with Crippen LogP contribution in [-0.2, 0) is 4.79 Å². The van der Waals surface area contributed by atoms with Gasteiger partial charge < -0.3 is 14.7 Å². The molecule has 2 rings (SSSR count). The maximum atomic E-state index is 12.1. The predicted molar refractivity (Wildman–Crippen MR) is 74.4 cm³/mol. The van der Waals surface area contributed by atoms with Crippen molar-refractivity contribution in [2.45, 2.75) is 6.42 Å². The number of azide groups is 1.